The standard InChI is InChI=1S/C12H11F2NO2S2/c13-10-1-2-12(11(14)7-10)19(16,17)15-5-3-9-4-6-18-8-9/h1-2,4,6-8,15H,3,5H2. The van der Waals surface area contributed by atoms with Crippen LogP contribution in [0.1, 0.15) is 5.56 Å². The molecule has 0 radical (unpaired) electrons. The molecule has 0 aliphatic rings. The predicted octanol–water partition coefficient (Wildman–Crippen LogP) is 2.55. The second-order valence-corrected chi connectivity index (χ2v) is 6.37. The van der Waals surface area contributed by atoms with Crippen LogP contribution in [0.25, 0.3) is 0 Å². The zero-order valence-electron chi connectivity index (χ0n) is 9.77. The van der Waals surface area contributed by atoms with E-state index in [1.165, 1.54) is 11.3 Å². The van der Waals surface area contributed by atoms with E-state index in [0.29, 0.717) is 12.5 Å². The van der Waals surface area contributed by atoms with Gasteiger partial charge in [0.05, 0.1) is 0 Å². The summed E-state index contributed by atoms with van der Waals surface area (Å²) in [4.78, 5) is -0.542. The number of benzene rings is 1. The molecule has 3 nitrogen and oxygen atoms in total. The first-order valence-corrected chi connectivity index (χ1v) is 7.87. The van der Waals surface area contributed by atoms with Gasteiger partial charge in [-0.05, 0) is 40.9 Å². The largest absolute Gasteiger partial charge is 0.243 e. The van der Waals surface area contributed by atoms with Gasteiger partial charge in [-0.15, -0.1) is 0 Å². The summed E-state index contributed by atoms with van der Waals surface area (Å²) in [5.74, 6) is -1.90. The Bertz CT molecular complexity index is 654. The fourth-order valence-corrected chi connectivity index (χ4v) is 3.33. The summed E-state index contributed by atoms with van der Waals surface area (Å²) < 4.78 is 52.0. The zero-order valence-corrected chi connectivity index (χ0v) is 11.4. The summed E-state index contributed by atoms with van der Waals surface area (Å²) in [6, 6.07) is 4.26. The van der Waals surface area contributed by atoms with Gasteiger partial charge in [-0.3, -0.25) is 0 Å². The summed E-state index contributed by atoms with van der Waals surface area (Å²) in [6.45, 7) is 0.163. The van der Waals surface area contributed by atoms with Crippen molar-refractivity contribution in [3.05, 3.63) is 52.2 Å². The van der Waals surface area contributed by atoms with Crippen molar-refractivity contribution in [2.75, 3.05) is 6.54 Å². The van der Waals surface area contributed by atoms with E-state index in [1.807, 2.05) is 16.8 Å². The van der Waals surface area contributed by atoms with Gasteiger partial charge in [-0.1, -0.05) is 0 Å². The molecule has 0 saturated carbocycles. The number of hydrogen-bond donors (Lipinski definition) is 1. The maximum absolute atomic E-state index is 13.4. The molecule has 0 aliphatic heterocycles. The smallest absolute Gasteiger partial charge is 0.211 e. The third kappa shape index (κ3) is 3.59. The summed E-state index contributed by atoms with van der Waals surface area (Å²) in [6.07, 6.45) is 0.519. The monoisotopic (exact) mass is 303 g/mol. The second kappa shape index (κ2) is 5.77. The van der Waals surface area contributed by atoms with Crippen molar-refractivity contribution in [3.63, 3.8) is 0 Å². The molecule has 1 N–H and O–H groups in total. The normalized spacial score (nSPS) is 11.7. The topological polar surface area (TPSA) is 46.2 Å². The molecule has 0 bridgehead atoms. The van der Waals surface area contributed by atoms with Crippen LogP contribution in [-0.4, -0.2) is 15.0 Å². The number of thiophene rings is 1. The summed E-state index contributed by atoms with van der Waals surface area (Å²) in [7, 11) is -3.95. The molecular weight excluding hydrogens is 292 g/mol. The maximum atomic E-state index is 13.4. The van der Waals surface area contributed by atoms with Crippen LogP contribution in [0.15, 0.2) is 39.9 Å². The third-order valence-corrected chi connectivity index (χ3v) is 4.70. The number of halogens is 2. The van der Waals surface area contributed by atoms with Gasteiger partial charge in [0.1, 0.15) is 16.5 Å². The summed E-state index contributed by atoms with van der Waals surface area (Å²) in [5, 5.41) is 3.80. The molecule has 19 heavy (non-hydrogen) atoms. The summed E-state index contributed by atoms with van der Waals surface area (Å²) >= 11 is 1.52. The fourth-order valence-electron chi connectivity index (χ4n) is 1.54. The number of hydrogen-bond acceptors (Lipinski definition) is 3. The van der Waals surface area contributed by atoms with E-state index < -0.39 is 26.6 Å². The van der Waals surface area contributed by atoms with Crippen molar-refractivity contribution in [3.8, 4) is 0 Å². The van der Waals surface area contributed by atoms with Crippen molar-refractivity contribution in [2.45, 2.75) is 11.3 Å². The first-order chi connectivity index (χ1) is 8.99. The van der Waals surface area contributed by atoms with E-state index in [9.17, 15) is 17.2 Å². The number of nitrogens with one attached hydrogen (secondary N) is 1. The van der Waals surface area contributed by atoms with Crippen molar-refractivity contribution < 1.29 is 17.2 Å². The maximum Gasteiger partial charge on any atom is 0.243 e. The highest BCUT2D eigenvalue weighted by atomic mass is 32.2. The van der Waals surface area contributed by atoms with Crippen LogP contribution in [0.2, 0.25) is 0 Å². The highest BCUT2D eigenvalue weighted by Gasteiger charge is 2.18. The molecule has 0 aliphatic carbocycles. The molecule has 0 fully saturated rings. The lowest BCUT2D eigenvalue weighted by Gasteiger charge is -2.07. The molecule has 1 aromatic heterocycles. The first-order valence-electron chi connectivity index (χ1n) is 5.45. The quantitative estimate of drug-likeness (QED) is 0.922. The minimum Gasteiger partial charge on any atom is -0.211 e. The first kappa shape index (κ1) is 14.1. The Balaban J connectivity index is 2.05. The second-order valence-electron chi connectivity index (χ2n) is 3.85. The van der Waals surface area contributed by atoms with E-state index in [0.717, 1.165) is 17.7 Å². The van der Waals surface area contributed by atoms with Crippen LogP contribution in [0, 0.1) is 11.6 Å². The van der Waals surface area contributed by atoms with Crippen LogP contribution >= 0.6 is 11.3 Å². The zero-order chi connectivity index (χ0) is 13.9. The molecule has 0 spiro atoms. The van der Waals surface area contributed by atoms with Crippen molar-refractivity contribution in [1.82, 2.24) is 4.72 Å². The molecule has 0 atom stereocenters. The van der Waals surface area contributed by atoms with Gasteiger partial charge in [-0.25, -0.2) is 21.9 Å². The van der Waals surface area contributed by atoms with E-state index in [-0.39, 0.29) is 6.54 Å². The van der Waals surface area contributed by atoms with E-state index in [4.69, 9.17) is 0 Å². The lowest BCUT2D eigenvalue weighted by molar-refractivity contribution is 0.543. The molecule has 1 aromatic carbocycles. The predicted molar refractivity (Wildman–Crippen MR) is 69.6 cm³/mol. The van der Waals surface area contributed by atoms with Crippen LogP contribution in [0.5, 0.6) is 0 Å². The van der Waals surface area contributed by atoms with Crippen LogP contribution in [0.4, 0.5) is 8.78 Å². The Labute approximate surface area is 114 Å². The Morgan fingerprint density at radius 1 is 1.21 bits per heavy atom. The Hall–Kier alpha value is -1.31. The van der Waals surface area contributed by atoms with Crippen LogP contribution < -0.4 is 4.72 Å². The van der Waals surface area contributed by atoms with Gasteiger partial charge in [0.2, 0.25) is 10.0 Å². The molecule has 7 heteroatoms. The van der Waals surface area contributed by atoms with Crippen molar-refractivity contribution >= 4 is 21.4 Å². The Morgan fingerprint density at radius 2 is 2.00 bits per heavy atom. The van der Waals surface area contributed by atoms with Gasteiger partial charge in [0.25, 0.3) is 0 Å². The highest BCUT2D eigenvalue weighted by Crippen LogP contribution is 2.15. The van der Waals surface area contributed by atoms with Gasteiger partial charge in [-0.2, -0.15) is 11.3 Å². The number of sulfonamides is 1. The molecule has 1 heterocycles. The van der Waals surface area contributed by atoms with E-state index in [1.54, 1.807) is 0 Å². The van der Waals surface area contributed by atoms with Crippen molar-refractivity contribution in [1.29, 1.82) is 0 Å². The molecule has 2 rings (SSSR count). The minimum atomic E-state index is -3.95. The lowest BCUT2D eigenvalue weighted by atomic mass is 10.2. The minimum absolute atomic E-state index is 0.163. The highest BCUT2D eigenvalue weighted by molar-refractivity contribution is 7.89. The van der Waals surface area contributed by atoms with Crippen molar-refractivity contribution in [2.24, 2.45) is 0 Å². The SMILES string of the molecule is O=S(=O)(NCCc1ccsc1)c1ccc(F)cc1F. The summed E-state index contributed by atoms with van der Waals surface area (Å²) in [5.41, 5.74) is 1.01. The van der Waals surface area contributed by atoms with E-state index >= 15 is 0 Å². The van der Waals surface area contributed by atoms with Gasteiger partial charge >= 0.3 is 0 Å². The average molecular weight is 303 g/mol. The Morgan fingerprint density at radius 3 is 2.63 bits per heavy atom. The Kier molecular flexibility index (Phi) is 4.28. The number of rotatable bonds is 5. The molecule has 0 saturated heterocycles. The van der Waals surface area contributed by atoms with Gasteiger partial charge in [0.15, 0.2) is 0 Å². The van der Waals surface area contributed by atoms with Crippen LogP contribution in [0.3, 0.4) is 0 Å². The lowest BCUT2D eigenvalue weighted by Crippen LogP contribution is -2.26. The van der Waals surface area contributed by atoms with Crippen LogP contribution in [-0.2, 0) is 16.4 Å². The molecular formula is C12H11F2NO2S2. The molecule has 0 amide bonds. The molecule has 2 aromatic rings. The molecule has 0 unspecified atom stereocenters. The van der Waals surface area contributed by atoms with E-state index in [2.05, 4.69) is 4.72 Å². The fraction of sp³-hybridized carbons (Fsp3) is 0.167. The van der Waals surface area contributed by atoms with Gasteiger partial charge < -0.3 is 0 Å². The van der Waals surface area contributed by atoms with Gasteiger partial charge in [0, 0.05) is 12.6 Å². The molecule has 102 valence electrons. The third-order valence-electron chi connectivity index (χ3n) is 2.47. The average Bonchev–Trinajstić information content (AvgIpc) is 2.81.